The van der Waals surface area contributed by atoms with Gasteiger partial charge in [-0.3, -0.25) is 0 Å². The number of aliphatic hydroxyl groups is 2. The standard InChI is InChI=1S/C10H14F3N3O4/c1-20-9(4-11,5-17)7(18)10(12,13)16-3-2-6(14)15-8(16)19/h2-3,7,17-18H,4-5H2,1H3,(H2,14,15,19)/t7-,9-/m1/s1. The lowest BCUT2D eigenvalue weighted by molar-refractivity contribution is -0.256. The van der Waals surface area contributed by atoms with Crippen LogP contribution in [0.5, 0.6) is 0 Å². The summed E-state index contributed by atoms with van der Waals surface area (Å²) >= 11 is 0. The molecule has 7 nitrogen and oxygen atoms in total. The van der Waals surface area contributed by atoms with E-state index in [-0.39, 0.29) is 10.4 Å². The Morgan fingerprint density at radius 2 is 2.20 bits per heavy atom. The van der Waals surface area contributed by atoms with Gasteiger partial charge >= 0.3 is 11.7 Å². The molecule has 0 amide bonds. The molecule has 1 aromatic heterocycles. The maximum atomic E-state index is 14.1. The number of hydrogen-bond acceptors (Lipinski definition) is 6. The molecule has 0 fully saturated rings. The predicted molar refractivity (Wildman–Crippen MR) is 61.9 cm³/mol. The molecule has 0 saturated heterocycles. The number of aromatic nitrogens is 2. The van der Waals surface area contributed by atoms with Crippen molar-refractivity contribution in [3.63, 3.8) is 0 Å². The first kappa shape index (κ1) is 16.4. The molecule has 4 N–H and O–H groups in total. The van der Waals surface area contributed by atoms with Crippen LogP contribution in [0.15, 0.2) is 17.1 Å². The van der Waals surface area contributed by atoms with Gasteiger partial charge in [-0.25, -0.2) is 13.8 Å². The first-order valence-corrected chi connectivity index (χ1v) is 5.38. The Hall–Kier alpha value is -1.65. The highest BCUT2D eigenvalue weighted by molar-refractivity contribution is 5.23. The van der Waals surface area contributed by atoms with E-state index in [1.807, 2.05) is 0 Å². The minimum absolute atomic E-state index is 0.215. The molecule has 1 heterocycles. The van der Waals surface area contributed by atoms with Crippen molar-refractivity contribution in [3.8, 4) is 0 Å². The summed E-state index contributed by atoms with van der Waals surface area (Å²) in [5.74, 6) is -0.290. The SMILES string of the molecule is CO[C@@](CO)(CF)[C@@H](O)C(F)(F)n1ccc(N)nc1=O. The normalized spacial score (nSPS) is 16.7. The number of anilines is 1. The van der Waals surface area contributed by atoms with Gasteiger partial charge in [0.2, 0.25) is 0 Å². The highest BCUT2D eigenvalue weighted by Crippen LogP contribution is 2.32. The van der Waals surface area contributed by atoms with Crippen molar-refractivity contribution >= 4 is 5.82 Å². The van der Waals surface area contributed by atoms with Crippen molar-refractivity contribution in [3.05, 3.63) is 22.7 Å². The third-order valence-corrected chi connectivity index (χ3v) is 2.87. The molecular weight excluding hydrogens is 283 g/mol. The summed E-state index contributed by atoms with van der Waals surface area (Å²) in [4.78, 5) is 14.4. The molecule has 0 aliphatic heterocycles. The molecule has 0 aliphatic rings. The highest BCUT2D eigenvalue weighted by atomic mass is 19.3. The van der Waals surface area contributed by atoms with Gasteiger partial charge in [0.25, 0.3) is 0 Å². The first-order valence-electron chi connectivity index (χ1n) is 5.38. The van der Waals surface area contributed by atoms with Crippen LogP contribution in [0.3, 0.4) is 0 Å². The van der Waals surface area contributed by atoms with E-state index in [1.54, 1.807) is 0 Å². The topological polar surface area (TPSA) is 111 Å². The summed E-state index contributed by atoms with van der Waals surface area (Å²) in [7, 11) is 0.846. The number of hydrogen-bond donors (Lipinski definition) is 3. The minimum atomic E-state index is -4.26. The lowest BCUT2D eigenvalue weighted by atomic mass is 9.97. The van der Waals surface area contributed by atoms with E-state index in [4.69, 9.17) is 10.8 Å². The monoisotopic (exact) mass is 297 g/mol. The Morgan fingerprint density at radius 3 is 2.60 bits per heavy atom. The third-order valence-electron chi connectivity index (χ3n) is 2.87. The van der Waals surface area contributed by atoms with Crippen LogP contribution in [-0.4, -0.2) is 51.9 Å². The smallest absolute Gasteiger partial charge is 0.361 e. The lowest BCUT2D eigenvalue weighted by Gasteiger charge is -2.36. The predicted octanol–water partition coefficient (Wildman–Crippen LogP) is -0.917. The molecule has 0 radical (unpaired) electrons. The number of methoxy groups -OCH3 is 1. The van der Waals surface area contributed by atoms with Crippen LogP contribution in [-0.2, 0) is 10.8 Å². The Morgan fingerprint density at radius 1 is 1.60 bits per heavy atom. The fourth-order valence-corrected chi connectivity index (χ4v) is 1.52. The lowest BCUT2D eigenvalue weighted by Crippen LogP contribution is -2.59. The molecule has 1 aromatic rings. The van der Waals surface area contributed by atoms with Crippen molar-refractivity contribution in [1.82, 2.24) is 9.55 Å². The largest absolute Gasteiger partial charge is 0.393 e. The van der Waals surface area contributed by atoms with Crippen LogP contribution in [0.2, 0.25) is 0 Å². The van der Waals surface area contributed by atoms with E-state index < -0.39 is 36.7 Å². The molecule has 0 bridgehead atoms. The Balaban J connectivity index is 3.30. The Labute approximate surface area is 111 Å². The van der Waals surface area contributed by atoms with Gasteiger partial charge in [-0.15, -0.1) is 0 Å². The number of alkyl halides is 3. The summed E-state index contributed by atoms with van der Waals surface area (Å²) in [6, 6.07) is -3.35. The second-order valence-electron chi connectivity index (χ2n) is 4.06. The summed E-state index contributed by atoms with van der Waals surface area (Å²) in [5.41, 5.74) is 1.16. The molecule has 2 atom stereocenters. The van der Waals surface area contributed by atoms with Gasteiger partial charge in [0.05, 0.1) is 6.61 Å². The number of aliphatic hydroxyl groups excluding tert-OH is 2. The van der Waals surface area contributed by atoms with Crippen LogP contribution in [0.25, 0.3) is 0 Å². The Bertz CT molecular complexity index is 510. The molecule has 0 unspecified atom stereocenters. The molecule has 0 aliphatic carbocycles. The number of nitrogens with zero attached hydrogens (tertiary/aromatic N) is 2. The number of nitrogens with two attached hydrogens (primary N) is 1. The van der Waals surface area contributed by atoms with Crippen molar-refractivity contribution in [2.45, 2.75) is 17.8 Å². The zero-order valence-electron chi connectivity index (χ0n) is 10.5. The van der Waals surface area contributed by atoms with E-state index in [1.165, 1.54) is 0 Å². The van der Waals surface area contributed by atoms with Crippen molar-refractivity contribution in [1.29, 1.82) is 0 Å². The third kappa shape index (κ3) is 2.62. The Kier molecular flexibility index (Phi) is 4.73. The fraction of sp³-hybridized carbons (Fsp3) is 0.600. The van der Waals surface area contributed by atoms with Crippen molar-refractivity contribution in [2.24, 2.45) is 0 Å². The second-order valence-corrected chi connectivity index (χ2v) is 4.06. The summed E-state index contributed by atoms with van der Waals surface area (Å²) in [6.45, 7) is -2.80. The van der Waals surface area contributed by atoms with E-state index in [0.29, 0.717) is 6.20 Å². The van der Waals surface area contributed by atoms with Gasteiger partial charge in [-0.05, 0) is 6.07 Å². The summed E-state index contributed by atoms with van der Waals surface area (Å²) in [6.07, 6.45) is -2.22. The molecule has 0 spiro atoms. The van der Waals surface area contributed by atoms with Crippen molar-refractivity contribution in [2.75, 3.05) is 26.1 Å². The van der Waals surface area contributed by atoms with Gasteiger partial charge in [0.1, 0.15) is 12.5 Å². The van der Waals surface area contributed by atoms with E-state index in [2.05, 4.69) is 9.72 Å². The minimum Gasteiger partial charge on any atom is -0.393 e. The van der Waals surface area contributed by atoms with Crippen LogP contribution in [0.4, 0.5) is 19.0 Å². The van der Waals surface area contributed by atoms with E-state index in [9.17, 15) is 23.1 Å². The molecule has 114 valence electrons. The molecule has 20 heavy (non-hydrogen) atoms. The summed E-state index contributed by atoms with van der Waals surface area (Å²) in [5, 5.41) is 18.6. The number of ether oxygens (including phenoxy) is 1. The maximum absolute atomic E-state index is 14.1. The molecule has 0 saturated carbocycles. The van der Waals surface area contributed by atoms with E-state index >= 15 is 0 Å². The number of halogens is 3. The fourth-order valence-electron chi connectivity index (χ4n) is 1.52. The maximum Gasteiger partial charge on any atom is 0.361 e. The molecular formula is C10H14F3N3O4. The van der Waals surface area contributed by atoms with Crippen LogP contribution in [0, 0.1) is 0 Å². The van der Waals surface area contributed by atoms with Gasteiger partial charge < -0.3 is 20.7 Å². The van der Waals surface area contributed by atoms with Gasteiger partial charge in [0, 0.05) is 13.3 Å². The average molecular weight is 297 g/mol. The highest BCUT2D eigenvalue weighted by Gasteiger charge is 2.54. The van der Waals surface area contributed by atoms with Crippen LogP contribution < -0.4 is 11.4 Å². The molecule has 1 rings (SSSR count). The number of nitrogen functional groups attached to an aromatic ring is 1. The average Bonchev–Trinajstić information content (AvgIpc) is 2.40. The van der Waals surface area contributed by atoms with Gasteiger partial charge in [-0.2, -0.15) is 13.8 Å². The second kappa shape index (κ2) is 5.77. The quantitative estimate of drug-likeness (QED) is 0.626. The van der Waals surface area contributed by atoms with Crippen LogP contribution >= 0.6 is 0 Å². The zero-order chi connectivity index (χ0) is 15.6. The summed E-state index contributed by atoms with van der Waals surface area (Å²) < 4.78 is 45.3. The van der Waals surface area contributed by atoms with E-state index in [0.717, 1.165) is 13.2 Å². The number of rotatable bonds is 6. The van der Waals surface area contributed by atoms with Gasteiger partial charge in [-0.1, -0.05) is 0 Å². The van der Waals surface area contributed by atoms with Crippen molar-refractivity contribution < 1.29 is 28.1 Å². The molecule has 10 heteroatoms. The molecule has 0 aromatic carbocycles. The van der Waals surface area contributed by atoms with Gasteiger partial charge in [0.15, 0.2) is 11.7 Å². The van der Waals surface area contributed by atoms with Crippen LogP contribution in [0.1, 0.15) is 0 Å². The first-order chi connectivity index (χ1) is 9.25. The zero-order valence-corrected chi connectivity index (χ0v) is 10.5.